The van der Waals surface area contributed by atoms with Crippen LogP contribution in [0.1, 0.15) is 11.1 Å². The highest BCUT2D eigenvalue weighted by Gasteiger charge is 2.10. The lowest BCUT2D eigenvalue weighted by Gasteiger charge is -2.11. The minimum absolute atomic E-state index is 0.255. The number of ether oxygens (including phenoxy) is 2. The largest absolute Gasteiger partial charge is 0.490 e. The van der Waals surface area contributed by atoms with E-state index in [1.54, 1.807) is 18.2 Å². The number of carboxylic acids is 1. The van der Waals surface area contributed by atoms with E-state index in [-0.39, 0.29) is 6.61 Å². The molecule has 0 amide bonds. The number of halogens is 1. The number of rotatable bonds is 7. The van der Waals surface area contributed by atoms with Crippen LogP contribution in [0.25, 0.3) is 6.08 Å². The number of hydrogen-bond donors (Lipinski definition) is 1. The first-order valence-electron chi connectivity index (χ1n) is 7.46. The van der Waals surface area contributed by atoms with Crippen LogP contribution in [0.5, 0.6) is 11.5 Å². The zero-order valence-corrected chi connectivity index (χ0v) is 14.3. The molecule has 0 saturated carbocycles. The van der Waals surface area contributed by atoms with Crippen molar-refractivity contribution in [3.63, 3.8) is 0 Å². The summed E-state index contributed by atoms with van der Waals surface area (Å²) in [4.78, 5) is 11.0. The normalized spacial score (nSPS) is 10.8. The monoisotopic (exact) mass is 357 g/mol. The lowest BCUT2D eigenvalue weighted by atomic mass is 10.1. The number of aryl methyl sites for hydroxylation is 1. The zero-order valence-electron chi connectivity index (χ0n) is 13.5. The van der Waals surface area contributed by atoms with Crippen LogP contribution < -0.4 is 9.47 Å². The Morgan fingerprint density at radius 2 is 1.88 bits per heavy atom. The van der Waals surface area contributed by atoms with Gasteiger partial charge in [-0.2, -0.15) is 5.26 Å². The summed E-state index contributed by atoms with van der Waals surface area (Å²) in [6, 6.07) is 14.1. The maximum atomic E-state index is 11.0. The van der Waals surface area contributed by atoms with Crippen LogP contribution in [0.3, 0.4) is 0 Å². The number of nitriles is 1. The summed E-state index contributed by atoms with van der Waals surface area (Å²) in [6.07, 6.45) is 1.23. The third-order valence-corrected chi connectivity index (χ3v) is 3.49. The van der Waals surface area contributed by atoms with Crippen LogP contribution in [0, 0.1) is 18.3 Å². The second kappa shape index (κ2) is 8.76. The molecule has 0 fully saturated rings. The molecule has 0 radical (unpaired) electrons. The average molecular weight is 358 g/mol. The Kier molecular flexibility index (Phi) is 6.44. The van der Waals surface area contributed by atoms with Gasteiger partial charge in [0.2, 0.25) is 0 Å². The van der Waals surface area contributed by atoms with Gasteiger partial charge in [0, 0.05) is 10.6 Å². The SMILES string of the molecule is Cc1ccc(OCCOc2ccc(Cl)cc2C=C(C#N)C(=O)O)cc1. The van der Waals surface area contributed by atoms with Gasteiger partial charge in [-0.25, -0.2) is 4.79 Å². The van der Waals surface area contributed by atoms with Crippen LogP contribution in [-0.2, 0) is 4.79 Å². The summed E-state index contributed by atoms with van der Waals surface area (Å²) < 4.78 is 11.2. The van der Waals surface area contributed by atoms with Crippen molar-refractivity contribution >= 4 is 23.6 Å². The van der Waals surface area contributed by atoms with E-state index in [1.807, 2.05) is 31.2 Å². The fraction of sp³-hybridized carbons (Fsp3) is 0.158. The zero-order chi connectivity index (χ0) is 18.2. The summed E-state index contributed by atoms with van der Waals surface area (Å²) in [7, 11) is 0. The topological polar surface area (TPSA) is 79.5 Å². The van der Waals surface area contributed by atoms with Crippen molar-refractivity contribution in [2.24, 2.45) is 0 Å². The summed E-state index contributed by atoms with van der Waals surface area (Å²) in [5.41, 5.74) is 1.16. The predicted molar refractivity (Wildman–Crippen MR) is 94.8 cm³/mol. The highest BCUT2D eigenvalue weighted by atomic mass is 35.5. The highest BCUT2D eigenvalue weighted by Crippen LogP contribution is 2.25. The van der Waals surface area contributed by atoms with Gasteiger partial charge in [-0.05, 0) is 43.3 Å². The van der Waals surface area contributed by atoms with Crippen molar-refractivity contribution < 1.29 is 19.4 Å². The second-order valence-electron chi connectivity index (χ2n) is 5.17. The number of hydrogen-bond acceptors (Lipinski definition) is 4. The van der Waals surface area contributed by atoms with E-state index >= 15 is 0 Å². The van der Waals surface area contributed by atoms with Gasteiger partial charge in [0.15, 0.2) is 0 Å². The van der Waals surface area contributed by atoms with Crippen LogP contribution in [0.15, 0.2) is 48.0 Å². The van der Waals surface area contributed by atoms with Crippen molar-refractivity contribution in [1.82, 2.24) is 0 Å². The Labute approximate surface area is 150 Å². The summed E-state index contributed by atoms with van der Waals surface area (Å²) in [5, 5.41) is 18.3. The lowest BCUT2D eigenvalue weighted by molar-refractivity contribution is -0.132. The Morgan fingerprint density at radius 3 is 2.52 bits per heavy atom. The van der Waals surface area contributed by atoms with Crippen LogP contribution >= 0.6 is 11.6 Å². The molecule has 0 bridgehead atoms. The molecule has 6 heteroatoms. The van der Waals surface area contributed by atoms with E-state index < -0.39 is 11.5 Å². The van der Waals surface area contributed by atoms with Crippen molar-refractivity contribution in [2.75, 3.05) is 13.2 Å². The predicted octanol–water partition coefficient (Wildman–Crippen LogP) is 4.10. The minimum atomic E-state index is -1.31. The Hall–Kier alpha value is -2.97. The average Bonchev–Trinajstić information content (AvgIpc) is 2.59. The molecule has 5 nitrogen and oxygen atoms in total. The Morgan fingerprint density at radius 1 is 1.20 bits per heavy atom. The second-order valence-corrected chi connectivity index (χ2v) is 5.60. The van der Waals surface area contributed by atoms with E-state index in [4.69, 9.17) is 31.4 Å². The smallest absolute Gasteiger partial charge is 0.346 e. The van der Waals surface area contributed by atoms with Gasteiger partial charge in [0.1, 0.15) is 36.4 Å². The molecule has 0 spiro atoms. The maximum Gasteiger partial charge on any atom is 0.346 e. The highest BCUT2D eigenvalue weighted by molar-refractivity contribution is 6.30. The number of carbonyl (C=O) groups is 1. The standard InChI is InChI=1S/C19H16ClNO4/c1-13-2-5-17(6-3-13)24-8-9-25-18-7-4-16(20)11-14(18)10-15(12-21)19(22)23/h2-7,10-11H,8-9H2,1H3,(H,22,23). The molecule has 2 aromatic carbocycles. The van der Waals surface area contributed by atoms with Gasteiger partial charge in [-0.3, -0.25) is 0 Å². The van der Waals surface area contributed by atoms with Crippen LogP contribution in [0.4, 0.5) is 0 Å². The first-order valence-corrected chi connectivity index (χ1v) is 7.84. The number of nitrogens with zero attached hydrogens (tertiary/aromatic N) is 1. The fourth-order valence-corrected chi connectivity index (χ4v) is 2.19. The number of aliphatic carboxylic acids is 1. The number of benzene rings is 2. The van der Waals surface area contributed by atoms with E-state index in [0.29, 0.717) is 22.9 Å². The van der Waals surface area contributed by atoms with Crippen LogP contribution in [-0.4, -0.2) is 24.3 Å². The number of carboxylic acid groups (broad SMARTS) is 1. The first-order chi connectivity index (χ1) is 12.0. The van der Waals surface area contributed by atoms with Gasteiger partial charge < -0.3 is 14.6 Å². The summed E-state index contributed by atoms with van der Waals surface area (Å²) in [6.45, 7) is 2.57. The van der Waals surface area contributed by atoms with E-state index in [9.17, 15) is 4.79 Å². The third kappa shape index (κ3) is 5.55. The van der Waals surface area contributed by atoms with Crippen molar-refractivity contribution in [3.8, 4) is 17.6 Å². The Bertz CT molecular complexity index is 822. The van der Waals surface area contributed by atoms with Gasteiger partial charge in [-0.1, -0.05) is 29.3 Å². The molecule has 0 unspecified atom stereocenters. The van der Waals surface area contributed by atoms with Crippen molar-refractivity contribution in [2.45, 2.75) is 6.92 Å². The fourth-order valence-electron chi connectivity index (χ4n) is 2.01. The van der Waals surface area contributed by atoms with E-state index in [2.05, 4.69) is 0 Å². The van der Waals surface area contributed by atoms with E-state index in [0.717, 1.165) is 11.3 Å². The molecule has 2 rings (SSSR count). The molecular formula is C19H16ClNO4. The van der Waals surface area contributed by atoms with Gasteiger partial charge in [0.05, 0.1) is 0 Å². The van der Waals surface area contributed by atoms with E-state index in [1.165, 1.54) is 12.1 Å². The molecule has 0 atom stereocenters. The molecule has 25 heavy (non-hydrogen) atoms. The molecule has 128 valence electrons. The maximum absolute atomic E-state index is 11.0. The quantitative estimate of drug-likeness (QED) is 0.458. The molecule has 0 aliphatic heterocycles. The molecule has 0 heterocycles. The molecule has 0 aromatic heterocycles. The van der Waals surface area contributed by atoms with Gasteiger partial charge >= 0.3 is 5.97 Å². The molecule has 0 aliphatic carbocycles. The van der Waals surface area contributed by atoms with Crippen LogP contribution in [0.2, 0.25) is 5.02 Å². The minimum Gasteiger partial charge on any atom is -0.490 e. The van der Waals surface area contributed by atoms with Gasteiger partial charge in [0.25, 0.3) is 0 Å². The molecule has 2 aromatic rings. The first kappa shape index (κ1) is 18.4. The molecule has 1 N–H and O–H groups in total. The summed E-state index contributed by atoms with van der Waals surface area (Å²) >= 11 is 5.94. The third-order valence-electron chi connectivity index (χ3n) is 3.25. The van der Waals surface area contributed by atoms with Gasteiger partial charge in [-0.15, -0.1) is 0 Å². The Balaban J connectivity index is 2.03. The molecule has 0 aliphatic rings. The summed E-state index contributed by atoms with van der Waals surface area (Å²) in [5.74, 6) is -0.148. The van der Waals surface area contributed by atoms with Crippen molar-refractivity contribution in [3.05, 3.63) is 64.2 Å². The molecule has 0 saturated heterocycles. The van der Waals surface area contributed by atoms with Crippen molar-refractivity contribution in [1.29, 1.82) is 5.26 Å². The lowest BCUT2D eigenvalue weighted by Crippen LogP contribution is -2.09. The molecular weight excluding hydrogens is 342 g/mol.